The molecule has 1 heterocycles. The number of amides is 1. The Morgan fingerprint density at radius 1 is 1.14 bits per heavy atom. The van der Waals surface area contributed by atoms with Gasteiger partial charge in [-0.3, -0.25) is 24.6 Å². The monoisotopic (exact) mass is 401 g/mol. The summed E-state index contributed by atoms with van der Waals surface area (Å²) in [5, 5.41) is 10.8. The minimum absolute atomic E-state index is 0.102. The highest BCUT2D eigenvalue weighted by Crippen LogP contribution is 2.22. The van der Waals surface area contributed by atoms with E-state index in [1.54, 1.807) is 17.0 Å². The molecule has 0 unspecified atom stereocenters. The number of nitro benzene ring substituents is 1. The molecular formula is C20H20FN3O5. The highest BCUT2D eigenvalue weighted by Gasteiger charge is 2.22. The Balaban J connectivity index is 1.48. The lowest BCUT2D eigenvalue weighted by Gasteiger charge is -2.34. The van der Waals surface area contributed by atoms with E-state index in [4.69, 9.17) is 4.74 Å². The summed E-state index contributed by atoms with van der Waals surface area (Å²) >= 11 is 0. The maximum atomic E-state index is 13.0. The van der Waals surface area contributed by atoms with Gasteiger partial charge in [-0.15, -0.1) is 0 Å². The third-order valence-corrected chi connectivity index (χ3v) is 4.73. The van der Waals surface area contributed by atoms with Gasteiger partial charge in [-0.1, -0.05) is 12.1 Å². The van der Waals surface area contributed by atoms with E-state index in [1.165, 1.54) is 30.3 Å². The van der Waals surface area contributed by atoms with Crippen LogP contribution >= 0.6 is 0 Å². The van der Waals surface area contributed by atoms with Crippen LogP contribution in [0.1, 0.15) is 15.9 Å². The van der Waals surface area contributed by atoms with Crippen LogP contribution in [0.3, 0.4) is 0 Å². The number of piperazine rings is 1. The molecular weight excluding hydrogens is 381 g/mol. The van der Waals surface area contributed by atoms with Crippen molar-refractivity contribution in [3.05, 3.63) is 69.5 Å². The zero-order chi connectivity index (χ0) is 20.8. The zero-order valence-electron chi connectivity index (χ0n) is 15.6. The lowest BCUT2D eigenvalue weighted by atomic mass is 10.2. The number of halogens is 1. The van der Waals surface area contributed by atoms with Crippen LogP contribution in [0.5, 0.6) is 5.75 Å². The minimum Gasteiger partial charge on any atom is -0.484 e. The van der Waals surface area contributed by atoms with Crippen molar-refractivity contribution in [2.45, 2.75) is 6.54 Å². The van der Waals surface area contributed by atoms with Crippen molar-refractivity contribution in [2.75, 3.05) is 32.8 Å². The average Bonchev–Trinajstić information content (AvgIpc) is 2.73. The molecule has 1 saturated heterocycles. The summed E-state index contributed by atoms with van der Waals surface area (Å²) in [5.41, 5.74) is 0.601. The van der Waals surface area contributed by atoms with Gasteiger partial charge in [-0.05, 0) is 29.8 Å². The summed E-state index contributed by atoms with van der Waals surface area (Å²) in [5.74, 6) is -0.240. The Labute approximate surface area is 166 Å². The SMILES string of the molecule is O=Cc1cc(OCC(=O)N2CCN(Cc3ccc(F)cc3)CC2)ccc1[N+](=O)[O-]. The largest absolute Gasteiger partial charge is 0.484 e. The summed E-state index contributed by atoms with van der Waals surface area (Å²) in [4.78, 5) is 37.4. The molecule has 9 heteroatoms. The molecule has 0 radical (unpaired) electrons. The third kappa shape index (κ3) is 5.35. The molecule has 0 bridgehead atoms. The summed E-state index contributed by atoms with van der Waals surface area (Å²) in [6.07, 6.45) is 0.382. The summed E-state index contributed by atoms with van der Waals surface area (Å²) < 4.78 is 18.4. The van der Waals surface area contributed by atoms with Crippen LogP contribution in [-0.2, 0) is 11.3 Å². The van der Waals surface area contributed by atoms with Gasteiger partial charge in [-0.2, -0.15) is 0 Å². The molecule has 2 aromatic carbocycles. The van der Waals surface area contributed by atoms with Gasteiger partial charge in [0.15, 0.2) is 12.9 Å². The van der Waals surface area contributed by atoms with Crippen LogP contribution in [0.2, 0.25) is 0 Å². The van der Waals surface area contributed by atoms with Gasteiger partial charge in [0.2, 0.25) is 0 Å². The molecule has 1 amide bonds. The summed E-state index contributed by atoms with van der Waals surface area (Å²) in [7, 11) is 0. The fourth-order valence-electron chi connectivity index (χ4n) is 3.12. The Bertz CT molecular complexity index is 895. The van der Waals surface area contributed by atoms with Gasteiger partial charge in [0.25, 0.3) is 11.6 Å². The second-order valence-corrected chi connectivity index (χ2v) is 6.67. The predicted molar refractivity (Wildman–Crippen MR) is 102 cm³/mol. The predicted octanol–water partition coefficient (Wildman–Crippen LogP) is 2.27. The average molecular weight is 401 g/mol. The van der Waals surface area contributed by atoms with E-state index in [2.05, 4.69) is 4.90 Å². The second kappa shape index (κ2) is 9.24. The van der Waals surface area contributed by atoms with Crippen LogP contribution in [0, 0.1) is 15.9 Å². The fraction of sp³-hybridized carbons (Fsp3) is 0.300. The van der Waals surface area contributed by atoms with Gasteiger partial charge in [-0.25, -0.2) is 4.39 Å². The lowest BCUT2D eigenvalue weighted by Crippen LogP contribution is -2.49. The van der Waals surface area contributed by atoms with E-state index in [0.29, 0.717) is 39.0 Å². The Hall–Kier alpha value is -3.33. The van der Waals surface area contributed by atoms with E-state index < -0.39 is 4.92 Å². The summed E-state index contributed by atoms with van der Waals surface area (Å²) in [6, 6.07) is 10.1. The number of nitrogens with zero attached hydrogens (tertiary/aromatic N) is 3. The molecule has 3 rings (SSSR count). The van der Waals surface area contributed by atoms with Crippen LogP contribution in [0.4, 0.5) is 10.1 Å². The molecule has 0 N–H and O–H groups in total. The fourth-order valence-corrected chi connectivity index (χ4v) is 3.12. The number of carbonyl (C=O) groups is 2. The first-order valence-electron chi connectivity index (χ1n) is 9.07. The molecule has 29 heavy (non-hydrogen) atoms. The van der Waals surface area contributed by atoms with Crippen LogP contribution in [0.25, 0.3) is 0 Å². The van der Waals surface area contributed by atoms with Crippen molar-refractivity contribution >= 4 is 17.9 Å². The quantitative estimate of drug-likeness (QED) is 0.401. The molecule has 0 atom stereocenters. The maximum absolute atomic E-state index is 13.0. The number of carbonyl (C=O) groups excluding carboxylic acids is 2. The molecule has 0 saturated carbocycles. The topological polar surface area (TPSA) is 93.0 Å². The Morgan fingerprint density at radius 3 is 2.45 bits per heavy atom. The van der Waals surface area contributed by atoms with Crippen molar-refractivity contribution in [1.29, 1.82) is 0 Å². The first kappa shape index (κ1) is 20.4. The van der Waals surface area contributed by atoms with Crippen molar-refractivity contribution in [2.24, 2.45) is 0 Å². The van der Waals surface area contributed by atoms with E-state index in [9.17, 15) is 24.1 Å². The van der Waals surface area contributed by atoms with Gasteiger partial charge in [0.05, 0.1) is 10.5 Å². The van der Waals surface area contributed by atoms with Crippen molar-refractivity contribution in [1.82, 2.24) is 9.80 Å². The second-order valence-electron chi connectivity index (χ2n) is 6.67. The normalized spacial score (nSPS) is 14.4. The number of nitro groups is 1. The van der Waals surface area contributed by atoms with Crippen LogP contribution in [0.15, 0.2) is 42.5 Å². The maximum Gasteiger partial charge on any atom is 0.280 e. The number of benzene rings is 2. The standard InChI is InChI=1S/C20H20FN3O5/c21-17-3-1-15(2-4-17)12-22-7-9-23(10-8-22)20(26)14-29-18-5-6-19(24(27)28)16(11-18)13-25/h1-6,11,13H,7-10,12,14H2. The number of hydrogen-bond donors (Lipinski definition) is 0. The number of ether oxygens (including phenoxy) is 1. The van der Waals surface area contributed by atoms with E-state index in [0.717, 1.165) is 5.56 Å². The molecule has 1 aliphatic heterocycles. The molecule has 0 spiro atoms. The van der Waals surface area contributed by atoms with Gasteiger partial charge < -0.3 is 9.64 Å². The van der Waals surface area contributed by atoms with E-state index in [1.807, 2.05) is 0 Å². The highest BCUT2D eigenvalue weighted by atomic mass is 19.1. The van der Waals surface area contributed by atoms with E-state index >= 15 is 0 Å². The zero-order valence-corrected chi connectivity index (χ0v) is 15.6. The van der Waals surface area contributed by atoms with Crippen molar-refractivity contribution in [3.8, 4) is 5.75 Å². The van der Waals surface area contributed by atoms with Crippen molar-refractivity contribution < 1.29 is 23.6 Å². The van der Waals surface area contributed by atoms with Crippen LogP contribution < -0.4 is 4.74 Å². The smallest absolute Gasteiger partial charge is 0.280 e. The van der Waals surface area contributed by atoms with E-state index in [-0.39, 0.29) is 35.3 Å². The highest BCUT2D eigenvalue weighted by molar-refractivity contribution is 5.82. The molecule has 2 aromatic rings. The third-order valence-electron chi connectivity index (χ3n) is 4.73. The lowest BCUT2D eigenvalue weighted by molar-refractivity contribution is -0.385. The molecule has 1 aliphatic rings. The molecule has 1 fully saturated rings. The number of aldehydes is 1. The van der Waals surface area contributed by atoms with Gasteiger partial charge in [0.1, 0.15) is 11.6 Å². The van der Waals surface area contributed by atoms with Gasteiger partial charge >= 0.3 is 0 Å². The first-order valence-corrected chi connectivity index (χ1v) is 9.07. The first-order chi connectivity index (χ1) is 14.0. The molecule has 8 nitrogen and oxygen atoms in total. The Morgan fingerprint density at radius 2 is 1.83 bits per heavy atom. The number of rotatable bonds is 7. The Kier molecular flexibility index (Phi) is 6.50. The van der Waals surface area contributed by atoms with Crippen molar-refractivity contribution in [3.63, 3.8) is 0 Å². The minimum atomic E-state index is -0.649. The van der Waals surface area contributed by atoms with Gasteiger partial charge in [0, 0.05) is 38.8 Å². The van der Waals surface area contributed by atoms with Crippen LogP contribution in [-0.4, -0.2) is 59.7 Å². The molecule has 0 aliphatic carbocycles. The number of hydrogen-bond acceptors (Lipinski definition) is 6. The molecule has 152 valence electrons. The summed E-state index contributed by atoms with van der Waals surface area (Å²) in [6.45, 7) is 2.95. The molecule has 0 aromatic heterocycles.